The molecule has 0 aliphatic heterocycles. The van der Waals surface area contributed by atoms with E-state index in [-0.39, 0.29) is 0 Å². The molecule has 4 nitrogen and oxygen atoms in total. The van der Waals surface area contributed by atoms with Gasteiger partial charge in [-0.25, -0.2) is 0 Å². The van der Waals surface area contributed by atoms with E-state index in [9.17, 15) is 0 Å². The van der Waals surface area contributed by atoms with E-state index < -0.39 is 0 Å². The first kappa shape index (κ1) is 13.4. The van der Waals surface area contributed by atoms with E-state index in [2.05, 4.69) is 10.1 Å². The Labute approximate surface area is 116 Å². The van der Waals surface area contributed by atoms with E-state index in [0.29, 0.717) is 23.1 Å². The van der Waals surface area contributed by atoms with Gasteiger partial charge >= 0.3 is 0 Å². The molecule has 0 fully saturated rings. The number of oxime groups is 1. The number of aromatic nitrogens is 1. The highest BCUT2D eigenvalue weighted by Crippen LogP contribution is 2.22. The predicted molar refractivity (Wildman–Crippen MR) is 74.0 cm³/mol. The van der Waals surface area contributed by atoms with Crippen LogP contribution in [-0.2, 0) is 6.61 Å². The van der Waals surface area contributed by atoms with Gasteiger partial charge in [0.05, 0.1) is 10.7 Å². The van der Waals surface area contributed by atoms with Crippen LogP contribution in [-0.4, -0.2) is 15.9 Å². The van der Waals surface area contributed by atoms with E-state index in [1.165, 1.54) is 0 Å². The van der Waals surface area contributed by atoms with Crippen molar-refractivity contribution in [2.75, 3.05) is 0 Å². The first-order valence-electron chi connectivity index (χ1n) is 5.71. The third-order valence-electron chi connectivity index (χ3n) is 2.67. The van der Waals surface area contributed by atoms with E-state index in [4.69, 9.17) is 21.5 Å². The van der Waals surface area contributed by atoms with Gasteiger partial charge in [-0.2, -0.15) is 0 Å². The van der Waals surface area contributed by atoms with Crippen LogP contribution >= 0.6 is 11.6 Å². The standard InChI is InChI=1S/C14H13ClN2O2/c1-10(17-18)12-4-2-3-5-14(12)19-9-11-6-7-16-8-13(11)15/h2-8,18H,9H2,1H3. The lowest BCUT2D eigenvalue weighted by molar-refractivity contribution is 0.303. The summed E-state index contributed by atoms with van der Waals surface area (Å²) in [5.74, 6) is 0.644. The zero-order valence-electron chi connectivity index (χ0n) is 10.4. The minimum atomic E-state index is 0.330. The molecule has 1 aromatic carbocycles. The Hall–Kier alpha value is -2.07. The zero-order chi connectivity index (χ0) is 13.7. The molecule has 0 aliphatic rings. The van der Waals surface area contributed by atoms with E-state index in [1.807, 2.05) is 24.3 Å². The number of halogens is 1. The molecule has 2 rings (SSSR count). The van der Waals surface area contributed by atoms with Crippen molar-refractivity contribution in [3.8, 4) is 5.75 Å². The van der Waals surface area contributed by atoms with Gasteiger partial charge in [0.25, 0.3) is 0 Å². The summed E-state index contributed by atoms with van der Waals surface area (Å²) >= 11 is 6.01. The number of hydrogen-bond donors (Lipinski definition) is 1. The van der Waals surface area contributed by atoms with Gasteiger partial charge in [0.1, 0.15) is 12.4 Å². The number of ether oxygens (including phenoxy) is 1. The second-order valence-corrected chi connectivity index (χ2v) is 4.34. The summed E-state index contributed by atoms with van der Waals surface area (Å²) in [6.07, 6.45) is 3.24. The van der Waals surface area contributed by atoms with E-state index in [1.54, 1.807) is 25.4 Å². The van der Waals surface area contributed by atoms with Gasteiger partial charge in [-0.3, -0.25) is 4.98 Å². The molecule has 0 spiro atoms. The summed E-state index contributed by atoms with van der Waals surface area (Å²) in [4.78, 5) is 3.92. The van der Waals surface area contributed by atoms with E-state index in [0.717, 1.165) is 11.1 Å². The summed E-state index contributed by atoms with van der Waals surface area (Å²) in [6.45, 7) is 2.04. The molecule has 0 unspecified atom stereocenters. The smallest absolute Gasteiger partial charge is 0.128 e. The summed E-state index contributed by atoms with van der Waals surface area (Å²) in [5.41, 5.74) is 2.09. The van der Waals surface area contributed by atoms with Crippen LogP contribution < -0.4 is 4.74 Å². The fourth-order valence-corrected chi connectivity index (χ4v) is 1.80. The minimum Gasteiger partial charge on any atom is -0.488 e. The average molecular weight is 277 g/mol. The molecule has 0 saturated carbocycles. The number of pyridine rings is 1. The molecular formula is C14H13ClN2O2. The SMILES string of the molecule is CC(=NO)c1ccccc1OCc1ccncc1Cl. The number of para-hydroxylation sites is 1. The monoisotopic (exact) mass is 276 g/mol. The van der Waals surface area contributed by atoms with Gasteiger partial charge in [0.2, 0.25) is 0 Å². The van der Waals surface area contributed by atoms with Crippen molar-refractivity contribution in [3.63, 3.8) is 0 Å². The van der Waals surface area contributed by atoms with Crippen LogP contribution in [0.2, 0.25) is 5.02 Å². The van der Waals surface area contributed by atoms with Crippen LogP contribution in [0.25, 0.3) is 0 Å². The largest absolute Gasteiger partial charge is 0.488 e. The maximum atomic E-state index is 8.85. The molecule has 1 heterocycles. The topological polar surface area (TPSA) is 54.7 Å². The molecule has 0 radical (unpaired) electrons. The van der Waals surface area contributed by atoms with Crippen molar-refractivity contribution in [1.82, 2.24) is 4.98 Å². The molecule has 1 N–H and O–H groups in total. The Kier molecular flexibility index (Phi) is 4.36. The van der Waals surface area contributed by atoms with Crippen molar-refractivity contribution in [3.05, 3.63) is 58.9 Å². The van der Waals surface area contributed by atoms with E-state index >= 15 is 0 Å². The number of hydrogen-bond acceptors (Lipinski definition) is 4. The maximum absolute atomic E-state index is 8.85. The van der Waals surface area contributed by atoms with Gasteiger partial charge in [0, 0.05) is 23.5 Å². The molecule has 5 heteroatoms. The molecule has 2 aromatic rings. The highest BCUT2D eigenvalue weighted by atomic mass is 35.5. The van der Waals surface area contributed by atoms with Gasteiger partial charge in [0.15, 0.2) is 0 Å². The number of nitrogens with zero attached hydrogens (tertiary/aromatic N) is 2. The molecule has 0 amide bonds. The molecule has 98 valence electrons. The fraction of sp³-hybridized carbons (Fsp3) is 0.143. The molecule has 19 heavy (non-hydrogen) atoms. The second-order valence-electron chi connectivity index (χ2n) is 3.94. The Balaban J connectivity index is 2.19. The van der Waals surface area contributed by atoms with Crippen molar-refractivity contribution in [1.29, 1.82) is 0 Å². The number of rotatable bonds is 4. The second kappa shape index (κ2) is 6.20. The lowest BCUT2D eigenvalue weighted by atomic mass is 10.1. The average Bonchev–Trinajstić information content (AvgIpc) is 2.46. The highest BCUT2D eigenvalue weighted by molar-refractivity contribution is 6.31. The normalized spacial score (nSPS) is 11.4. The van der Waals surface area contributed by atoms with Crippen molar-refractivity contribution in [2.24, 2.45) is 5.16 Å². The summed E-state index contributed by atoms with van der Waals surface area (Å²) < 4.78 is 5.72. The van der Waals surface area contributed by atoms with Crippen LogP contribution in [0.4, 0.5) is 0 Å². The quantitative estimate of drug-likeness (QED) is 0.528. The third-order valence-corrected chi connectivity index (χ3v) is 3.01. The van der Waals surface area contributed by atoms with Gasteiger partial charge in [-0.1, -0.05) is 28.9 Å². The van der Waals surface area contributed by atoms with Crippen LogP contribution in [0.1, 0.15) is 18.1 Å². The minimum absolute atomic E-state index is 0.330. The Morgan fingerprint density at radius 1 is 1.37 bits per heavy atom. The molecule has 0 aliphatic carbocycles. The Morgan fingerprint density at radius 3 is 2.89 bits per heavy atom. The Bertz CT molecular complexity index is 600. The van der Waals surface area contributed by atoms with Crippen molar-refractivity contribution < 1.29 is 9.94 Å². The lowest BCUT2D eigenvalue weighted by Gasteiger charge is -2.11. The van der Waals surface area contributed by atoms with Crippen molar-refractivity contribution >= 4 is 17.3 Å². The fourth-order valence-electron chi connectivity index (χ4n) is 1.62. The van der Waals surface area contributed by atoms with Gasteiger partial charge in [-0.05, 0) is 25.1 Å². The molecule has 0 bridgehead atoms. The Morgan fingerprint density at radius 2 is 2.16 bits per heavy atom. The lowest BCUT2D eigenvalue weighted by Crippen LogP contribution is -2.02. The third kappa shape index (κ3) is 3.23. The summed E-state index contributed by atoms with van der Waals surface area (Å²) in [6, 6.07) is 9.17. The molecule has 0 atom stereocenters. The molecular weight excluding hydrogens is 264 g/mol. The first-order valence-corrected chi connectivity index (χ1v) is 6.09. The summed E-state index contributed by atoms with van der Waals surface area (Å²) in [7, 11) is 0. The first-order chi connectivity index (χ1) is 9.22. The zero-order valence-corrected chi connectivity index (χ0v) is 11.1. The van der Waals surface area contributed by atoms with Crippen LogP contribution in [0.5, 0.6) is 5.75 Å². The number of benzene rings is 1. The van der Waals surface area contributed by atoms with Gasteiger partial charge < -0.3 is 9.94 Å². The highest BCUT2D eigenvalue weighted by Gasteiger charge is 2.07. The summed E-state index contributed by atoms with van der Waals surface area (Å²) in [5, 5.41) is 12.6. The maximum Gasteiger partial charge on any atom is 0.128 e. The predicted octanol–water partition coefficient (Wildman–Crippen LogP) is 3.51. The van der Waals surface area contributed by atoms with Crippen LogP contribution in [0.15, 0.2) is 47.9 Å². The van der Waals surface area contributed by atoms with Crippen LogP contribution in [0, 0.1) is 0 Å². The molecule has 0 saturated heterocycles. The molecule has 1 aromatic heterocycles. The van der Waals surface area contributed by atoms with Crippen LogP contribution in [0.3, 0.4) is 0 Å². The van der Waals surface area contributed by atoms with Gasteiger partial charge in [-0.15, -0.1) is 0 Å². The van der Waals surface area contributed by atoms with Crippen molar-refractivity contribution in [2.45, 2.75) is 13.5 Å².